The van der Waals surface area contributed by atoms with E-state index in [0.29, 0.717) is 11.1 Å². The van der Waals surface area contributed by atoms with Crippen LogP contribution < -0.4 is 4.90 Å². The first-order chi connectivity index (χ1) is 9.13. The van der Waals surface area contributed by atoms with Crippen molar-refractivity contribution in [1.29, 1.82) is 0 Å². The summed E-state index contributed by atoms with van der Waals surface area (Å²) in [5, 5.41) is 19.2. The number of hydrogen-bond donors (Lipinski definition) is 2. The van der Waals surface area contributed by atoms with E-state index in [2.05, 4.69) is 4.90 Å². The third-order valence-electron chi connectivity index (χ3n) is 3.84. The van der Waals surface area contributed by atoms with Crippen LogP contribution in [0.3, 0.4) is 0 Å². The largest absolute Gasteiger partial charge is 0.396 e. The van der Waals surface area contributed by atoms with Crippen LogP contribution in [0.2, 0.25) is 5.02 Å². The summed E-state index contributed by atoms with van der Waals surface area (Å²) in [6.07, 6.45) is 3.92. The Kier molecular flexibility index (Phi) is 5.08. The number of aliphatic hydroxyl groups is 2. The third kappa shape index (κ3) is 3.41. The molecule has 1 unspecified atom stereocenters. The number of benzene rings is 1. The monoisotopic (exact) mass is 283 g/mol. The molecule has 2 N–H and O–H groups in total. The lowest BCUT2D eigenvalue weighted by atomic mass is 9.90. The Balaban J connectivity index is 2.18. The smallest absolute Gasteiger partial charge is 0.0776 e. The van der Waals surface area contributed by atoms with Crippen LogP contribution in [0.4, 0.5) is 5.69 Å². The molecule has 19 heavy (non-hydrogen) atoms. The molecule has 0 heterocycles. The number of anilines is 1. The van der Waals surface area contributed by atoms with Crippen LogP contribution in [0.25, 0.3) is 0 Å². The fourth-order valence-electron chi connectivity index (χ4n) is 2.50. The van der Waals surface area contributed by atoms with Gasteiger partial charge in [0.1, 0.15) is 0 Å². The highest BCUT2D eigenvalue weighted by Gasteiger charge is 2.25. The molecule has 0 saturated heterocycles. The molecule has 1 aliphatic rings. The highest BCUT2D eigenvalue weighted by Crippen LogP contribution is 2.33. The van der Waals surface area contributed by atoms with Gasteiger partial charge in [0.05, 0.1) is 6.10 Å². The van der Waals surface area contributed by atoms with Gasteiger partial charge in [-0.1, -0.05) is 17.7 Å². The standard InChI is InChI=1S/C15H22ClNO2/c1-11(19)14-7-6-13(10-15(14)16)17(8-3-9-18)12-4-2-5-12/h6-7,10-12,18-19H,2-5,8-9H2,1H3. The van der Waals surface area contributed by atoms with Gasteiger partial charge >= 0.3 is 0 Å². The van der Waals surface area contributed by atoms with Crippen LogP contribution in [0, 0.1) is 0 Å². The van der Waals surface area contributed by atoms with Gasteiger partial charge in [0, 0.05) is 29.9 Å². The zero-order chi connectivity index (χ0) is 13.8. The molecule has 0 aromatic heterocycles. The van der Waals surface area contributed by atoms with E-state index in [1.165, 1.54) is 19.3 Å². The average molecular weight is 284 g/mol. The Morgan fingerprint density at radius 1 is 1.42 bits per heavy atom. The minimum atomic E-state index is -0.545. The molecule has 1 fully saturated rings. The minimum absolute atomic E-state index is 0.211. The maximum Gasteiger partial charge on any atom is 0.0776 e. The maximum absolute atomic E-state index is 9.61. The van der Waals surface area contributed by atoms with Crippen molar-refractivity contribution in [3.05, 3.63) is 28.8 Å². The molecule has 0 aliphatic heterocycles. The summed E-state index contributed by atoms with van der Waals surface area (Å²) < 4.78 is 0. The van der Waals surface area contributed by atoms with Crippen LogP contribution in [0.1, 0.15) is 44.3 Å². The van der Waals surface area contributed by atoms with Gasteiger partial charge in [0.25, 0.3) is 0 Å². The van der Waals surface area contributed by atoms with Crippen molar-refractivity contribution in [2.75, 3.05) is 18.1 Å². The Bertz CT molecular complexity index is 419. The first kappa shape index (κ1) is 14.6. The average Bonchev–Trinajstić information content (AvgIpc) is 2.31. The van der Waals surface area contributed by atoms with Gasteiger partial charge in [0.15, 0.2) is 0 Å². The number of hydrogen-bond acceptors (Lipinski definition) is 3. The lowest BCUT2D eigenvalue weighted by Crippen LogP contribution is -2.41. The Labute approximate surface area is 119 Å². The Morgan fingerprint density at radius 3 is 2.63 bits per heavy atom. The van der Waals surface area contributed by atoms with Crippen LogP contribution in [0.5, 0.6) is 0 Å². The molecule has 0 amide bonds. The van der Waals surface area contributed by atoms with E-state index in [0.717, 1.165) is 24.2 Å². The quantitative estimate of drug-likeness (QED) is 0.843. The lowest BCUT2D eigenvalue weighted by molar-refractivity contribution is 0.199. The van der Waals surface area contributed by atoms with E-state index in [4.69, 9.17) is 16.7 Å². The first-order valence-corrected chi connectivity index (χ1v) is 7.36. The second-order valence-electron chi connectivity index (χ2n) is 5.24. The van der Waals surface area contributed by atoms with Gasteiger partial charge in [-0.2, -0.15) is 0 Å². The van der Waals surface area contributed by atoms with E-state index in [1.807, 2.05) is 18.2 Å². The predicted molar refractivity (Wildman–Crippen MR) is 78.8 cm³/mol. The summed E-state index contributed by atoms with van der Waals surface area (Å²) >= 11 is 6.23. The van der Waals surface area contributed by atoms with Crippen LogP contribution >= 0.6 is 11.6 Å². The molecular formula is C15H22ClNO2. The molecule has 1 aliphatic carbocycles. The van der Waals surface area contributed by atoms with E-state index in [-0.39, 0.29) is 6.61 Å². The normalized spacial score (nSPS) is 17.1. The number of halogens is 1. The van der Waals surface area contributed by atoms with Crippen molar-refractivity contribution < 1.29 is 10.2 Å². The molecule has 1 aromatic rings. The SMILES string of the molecule is CC(O)c1ccc(N(CCCO)C2CCC2)cc1Cl. The fourth-order valence-corrected chi connectivity index (χ4v) is 2.83. The molecular weight excluding hydrogens is 262 g/mol. The second kappa shape index (κ2) is 6.60. The highest BCUT2D eigenvalue weighted by molar-refractivity contribution is 6.31. The van der Waals surface area contributed by atoms with Crippen LogP contribution in [-0.2, 0) is 0 Å². The highest BCUT2D eigenvalue weighted by atomic mass is 35.5. The van der Waals surface area contributed by atoms with Gasteiger partial charge in [-0.25, -0.2) is 0 Å². The zero-order valence-electron chi connectivity index (χ0n) is 11.3. The Morgan fingerprint density at radius 2 is 2.16 bits per heavy atom. The van der Waals surface area contributed by atoms with Gasteiger partial charge < -0.3 is 15.1 Å². The third-order valence-corrected chi connectivity index (χ3v) is 4.17. The van der Waals surface area contributed by atoms with Crippen molar-refractivity contribution in [3.8, 4) is 0 Å². The number of nitrogens with zero attached hydrogens (tertiary/aromatic N) is 1. The fraction of sp³-hybridized carbons (Fsp3) is 0.600. The molecule has 0 spiro atoms. The van der Waals surface area contributed by atoms with Crippen molar-refractivity contribution in [2.45, 2.75) is 44.8 Å². The van der Waals surface area contributed by atoms with Crippen LogP contribution in [-0.4, -0.2) is 29.4 Å². The van der Waals surface area contributed by atoms with E-state index < -0.39 is 6.10 Å². The summed E-state index contributed by atoms with van der Waals surface area (Å²) in [6, 6.07) is 6.41. The minimum Gasteiger partial charge on any atom is -0.396 e. The van der Waals surface area contributed by atoms with Gasteiger partial charge in [-0.15, -0.1) is 0 Å². The number of rotatable bonds is 6. The molecule has 2 rings (SSSR count). The lowest BCUT2D eigenvalue weighted by Gasteiger charge is -2.39. The van der Waals surface area contributed by atoms with Gasteiger partial charge in [0.2, 0.25) is 0 Å². The van der Waals surface area contributed by atoms with Gasteiger partial charge in [-0.05, 0) is 50.3 Å². The molecule has 1 aromatic carbocycles. The van der Waals surface area contributed by atoms with E-state index in [9.17, 15) is 5.11 Å². The second-order valence-corrected chi connectivity index (χ2v) is 5.64. The maximum atomic E-state index is 9.61. The van der Waals surface area contributed by atoms with Crippen molar-refractivity contribution in [1.82, 2.24) is 0 Å². The number of aliphatic hydroxyl groups excluding tert-OH is 2. The topological polar surface area (TPSA) is 43.7 Å². The van der Waals surface area contributed by atoms with Crippen LogP contribution in [0.15, 0.2) is 18.2 Å². The summed E-state index contributed by atoms with van der Waals surface area (Å²) in [4.78, 5) is 2.33. The predicted octanol–water partition coefficient (Wildman–Crippen LogP) is 3.13. The molecule has 4 heteroatoms. The van der Waals surface area contributed by atoms with Crippen molar-refractivity contribution in [3.63, 3.8) is 0 Å². The molecule has 1 saturated carbocycles. The summed E-state index contributed by atoms with van der Waals surface area (Å²) in [5.74, 6) is 0. The van der Waals surface area contributed by atoms with Crippen molar-refractivity contribution in [2.24, 2.45) is 0 Å². The molecule has 106 valence electrons. The molecule has 3 nitrogen and oxygen atoms in total. The summed E-state index contributed by atoms with van der Waals surface area (Å²) in [6.45, 7) is 2.78. The van der Waals surface area contributed by atoms with Crippen molar-refractivity contribution >= 4 is 17.3 Å². The van der Waals surface area contributed by atoms with E-state index >= 15 is 0 Å². The molecule has 0 bridgehead atoms. The molecule has 0 radical (unpaired) electrons. The molecule has 1 atom stereocenters. The van der Waals surface area contributed by atoms with Gasteiger partial charge in [-0.3, -0.25) is 0 Å². The Hall–Kier alpha value is -0.770. The first-order valence-electron chi connectivity index (χ1n) is 6.98. The summed E-state index contributed by atoms with van der Waals surface area (Å²) in [7, 11) is 0. The zero-order valence-corrected chi connectivity index (χ0v) is 12.1. The summed E-state index contributed by atoms with van der Waals surface area (Å²) in [5.41, 5.74) is 1.86. The van der Waals surface area contributed by atoms with E-state index in [1.54, 1.807) is 6.92 Å².